The fourth-order valence-electron chi connectivity index (χ4n) is 4.11. The Balaban J connectivity index is 1.70. The van der Waals surface area contributed by atoms with Gasteiger partial charge in [0.05, 0.1) is 12.1 Å². The van der Waals surface area contributed by atoms with Gasteiger partial charge in [-0.25, -0.2) is 0 Å². The van der Waals surface area contributed by atoms with Gasteiger partial charge in [0.15, 0.2) is 0 Å². The van der Waals surface area contributed by atoms with E-state index < -0.39 is 0 Å². The largest absolute Gasteiger partial charge is 0.456 e. The third kappa shape index (κ3) is 3.85. The zero-order valence-corrected chi connectivity index (χ0v) is 16.1. The van der Waals surface area contributed by atoms with Crippen molar-refractivity contribution in [3.63, 3.8) is 0 Å². The van der Waals surface area contributed by atoms with E-state index in [1.165, 1.54) is 18.1 Å². The predicted octanol–water partition coefficient (Wildman–Crippen LogP) is 5.15. The highest BCUT2D eigenvalue weighted by Crippen LogP contribution is 2.41. The molecule has 28 heavy (non-hydrogen) atoms. The molecule has 4 rings (SSSR count). The summed E-state index contributed by atoms with van der Waals surface area (Å²) in [5.74, 6) is -0.239. The van der Waals surface area contributed by atoms with Crippen molar-refractivity contribution in [2.45, 2.75) is 31.5 Å². The molecule has 1 fully saturated rings. The van der Waals surface area contributed by atoms with Crippen LogP contribution in [0.5, 0.6) is 0 Å². The van der Waals surface area contributed by atoms with Crippen LogP contribution in [0.4, 0.5) is 0 Å². The lowest BCUT2D eigenvalue weighted by Gasteiger charge is -2.49. The van der Waals surface area contributed by atoms with Crippen molar-refractivity contribution >= 4 is 5.97 Å². The highest BCUT2D eigenvalue weighted by Gasteiger charge is 2.42. The van der Waals surface area contributed by atoms with Crippen LogP contribution >= 0.6 is 0 Å². The minimum absolute atomic E-state index is 0.142. The fourth-order valence-corrected chi connectivity index (χ4v) is 4.11. The van der Waals surface area contributed by atoms with Gasteiger partial charge in [0.25, 0.3) is 0 Å². The standard InChI is InChI=1S/C25H25NO2/c1-19(27)28-25(22-15-9-4-10-16-22)23-17-18-26(23)24(20-11-5-2-6-12-20)21-13-7-3-8-14-21/h2-16,23-25H,17-18H2,1H3. The molecule has 0 spiro atoms. The molecule has 2 atom stereocenters. The zero-order chi connectivity index (χ0) is 19.3. The molecular weight excluding hydrogens is 346 g/mol. The maximum atomic E-state index is 11.8. The molecule has 3 heteroatoms. The van der Waals surface area contributed by atoms with E-state index in [2.05, 4.69) is 53.4 Å². The van der Waals surface area contributed by atoms with Crippen molar-refractivity contribution < 1.29 is 9.53 Å². The minimum atomic E-state index is -0.262. The van der Waals surface area contributed by atoms with Crippen LogP contribution in [0.2, 0.25) is 0 Å². The average Bonchev–Trinajstić information content (AvgIpc) is 2.72. The number of carbonyl (C=O) groups is 1. The second-order valence-corrected chi connectivity index (χ2v) is 7.26. The van der Waals surface area contributed by atoms with E-state index in [0.29, 0.717) is 0 Å². The number of hydrogen-bond donors (Lipinski definition) is 0. The topological polar surface area (TPSA) is 29.5 Å². The van der Waals surface area contributed by atoms with Gasteiger partial charge >= 0.3 is 5.97 Å². The van der Waals surface area contributed by atoms with Crippen LogP contribution in [0, 0.1) is 0 Å². The van der Waals surface area contributed by atoms with Crippen molar-refractivity contribution in [3.8, 4) is 0 Å². The lowest BCUT2D eigenvalue weighted by atomic mass is 9.86. The summed E-state index contributed by atoms with van der Waals surface area (Å²) in [6.45, 7) is 2.47. The molecule has 1 aliphatic heterocycles. The summed E-state index contributed by atoms with van der Waals surface area (Å²) in [5, 5.41) is 0. The summed E-state index contributed by atoms with van der Waals surface area (Å²) in [7, 11) is 0. The van der Waals surface area contributed by atoms with Crippen molar-refractivity contribution in [1.82, 2.24) is 4.90 Å². The van der Waals surface area contributed by atoms with E-state index >= 15 is 0 Å². The third-order valence-electron chi connectivity index (χ3n) is 5.44. The van der Waals surface area contributed by atoms with Gasteiger partial charge in [-0.1, -0.05) is 91.0 Å². The third-order valence-corrected chi connectivity index (χ3v) is 5.44. The molecule has 142 valence electrons. The first-order valence-electron chi connectivity index (χ1n) is 9.82. The normalized spacial score (nSPS) is 17.7. The van der Waals surface area contributed by atoms with Gasteiger partial charge in [-0.3, -0.25) is 9.69 Å². The van der Waals surface area contributed by atoms with Crippen molar-refractivity contribution in [2.24, 2.45) is 0 Å². The Kier molecular flexibility index (Phi) is 5.54. The maximum Gasteiger partial charge on any atom is 0.303 e. The van der Waals surface area contributed by atoms with Crippen LogP contribution in [-0.4, -0.2) is 23.5 Å². The number of esters is 1. The van der Waals surface area contributed by atoms with Gasteiger partial charge in [0.2, 0.25) is 0 Å². The van der Waals surface area contributed by atoms with Gasteiger partial charge in [-0.05, 0) is 23.1 Å². The van der Waals surface area contributed by atoms with E-state index in [9.17, 15) is 4.79 Å². The Morgan fingerprint density at radius 2 is 1.29 bits per heavy atom. The van der Waals surface area contributed by atoms with Crippen LogP contribution < -0.4 is 0 Å². The Morgan fingerprint density at radius 3 is 1.68 bits per heavy atom. The van der Waals surface area contributed by atoms with E-state index in [1.54, 1.807) is 0 Å². The van der Waals surface area contributed by atoms with Crippen LogP contribution in [-0.2, 0) is 9.53 Å². The second kappa shape index (κ2) is 8.41. The molecule has 3 nitrogen and oxygen atoms in total. The molecule has 1 aliphatic rings. The zero-order valence-electron chi connectivity index (χ0n) is 16.1. The number of nitrogens with zero attached hydrogens (tertiary/aromatic N) is 1. The predicted molar refractivity (Wildman–Crippen MR) is 111 cm³/mol. The molecule has 0 N–H and O–H groups in total. The summed E-state index contributed by atoms with van der Waals surface area (Å²) >= 11 is 0. The van der Waals surface area contributed by atoms with E-state index in [4.69, 9.17) is 4.74 Å². The fraction of sp³-hybridized carbons (Fsp3) is 0.240. The summed E-state index contributed by atoms with van der Waals surface area (Å²) in [5.41, 5.74) is 3.56. The van der Waals surface area contributed by atoms with Gasteiger partial charge in [-0.2, -0.15) is 0 Å². The highest BCUT2D eigenvalue weighted by molar-refractivity contribution is 5.66. The van der Waals surface area contributed by atoms with E-state index in [-0.39, 0.29) is 24.2 Å². The quantitative estimate of drug-likeness (QED) is 0.561. The first-order valence-corrected chi connectivity index (χ1v) is 9.82. The second-order valence-electron chi connectivity index (χ2n) is 7.26. The molecular formula is C25H25NO2. The number of rotatable bonds is 6. The molecule has 0 bridgehead atoms. The Bertz CT molecular complexity index is 856. The van der Waals surface area contributed by atoms with Crippen LogP contribution in [0.1, 0.15) is 42.2 Å². The smallest absolute Gasteiger partial charge is 0.303 e. The summed E-state index contributed by atoms with van der Waals surface area (Å²) in [6, 6.07) is 31.5. The van der Waals surface area contributed by atoms with Crippen LogP contribution in [0.15, 0.2) is 91.0 Å². The highest BCUT2D eigenvalue weighted by atomic mass is 16.5. The molecule has 3 aromatic carbocycles. The van der Waals surface area contributed by atoms with Gasteiger partial charge in [0.1, 0.15) is 6.10 Å². The molecule has 1 saturated heterocycles. The van der Waals surface area contributed by atoms with Gasteiger partial charge < -0.3 is 4.74 Å². The Hall–Kier alpha value is -2.91. The lowest BCUT2D eigenvalue weighted by molar-refractivity contribution is -0.155. The molecule has 0 amide bonds. The summed E-state index contributed by atoms with van der Waals surface area (Å²) in [6.07, 6.45) is 0.741. The first-order chi connectivity index (χ1) is 13.7. The van der Waals surface area contributed by atoms with Gasteiger partial charge in [-0.15, -0.1) is 0 Å². The molecule has 1 heterocycles. The van der Waals surface area contributed by atoms with Gasteiger partial charge in [0, 0.05) is 13.5 Å². The van der Waals surface area contributed by atoms with Crippen molar-refractivity contribution in [2.75, 3.05) is 6.54 Å². The average molecular weight is 371 g/mol. The molecule has 0 radical (unpaired) electrons. The number of ether oxygens (including phenoxy) is 1. The monoisotopic (exact) mass is 371 g/mol. The Morgan fingerprint density at radius 1 is 0.821 bits per heavy atom. The molecule has 0 aliphatic carbocycles. The van der Waals surface area contributed by atoms with Crippen LogP contribution in [0.3, 0.4) is 0 Å². The minimum Gasteiger partial charge on any atom is -0.456 e. The number of likely N-dealkylation sites (tertiary alicyclic amines) is 1. The molecule has 2 unspecified atom stereocenters. The molecule has 3 aromatic rings. The van der Waals surface area contributed by atoms with E-state index in [1.807, 2.05) is 42.5 Å². The molecule has 0 aromatic heterocycles. The summed E-state index contributed by atoms with van der Waals surface area (Å²) in [4.78, 5) is 14.3. The number of benzene rings is 3. The first kappa shape index (κ1) is 18.5. The Labute approximate surface area is 166 Å². The van der Waals surface area contributed by atoms with Crippen LogP contribution in [0.25, 0.3) is 0 Å². The van der Waals surface area contributed by atoms with Crippen molar-refractivity contribution in [3.05, 3.63) is 108 Å². The SMILES string of the molecule is CC(=O)OC(c1ccccc1)C1CCN1C(c1ccccc1)c1ccccc1. The maximum absolute atomic E-state index is 11.8. The lowest BCUT2D eigenvalue weighted by Crippen LogP contribution is -2.53. The number of hydrogen-bond acceptors (Lipinski definition) is 3. The molecule has 0 saturated carbocycles. The number of carbonyl (C=O) groups excluding carboxylic acids is 1. The summed E-state index contributed by atoms with van der Waals surface area (Å²) < 4.78 is 5.81. The van der Waals surface area contributed by atoms with E-state index in [0.717, 1.165) is 18.5 Å². The van der Waals surface area contributed by atoms with Crippen molar-refractivity contribution in [1.29, 1.82) is 0 Å².